The highest BCUT2D eigenvalue weighted by molar-refractivity contribution is 7.92. The van der Waals surface area contributed by atoms with Gasteiger partial charge in [-0.15, -0.1) is 0 Å². The molecule has 0 aromatic heterocycles. The lowest BCUT2D eigenvalue weighted by Gasteiger charge is -2.24. The van der Waals surface area contributed by atoms with Crippen molar-refractivity contribution in [2.24, 2.45) is 16.8 Å². The van der Waals surface area contributed by atoms with Gasteiger partial charge in [-0.2, -0.15) is 0 Å². The number of likely N-dealkylation sites (tertiary alicyclic amines) is 1. The Balaban J connectivity index is 2.00. The fourth-order valence-corrected chi connectivity index (χ4v) is 4.40. The molecule has 1 atom stereocenters. The average Bonchev–Trinajstić information content (AvgIpc) is 3.06. The fraction of sp³-hybridized carbons (Fsp3) is 0.632. The lowest BCUT2D eigenvalue weighted by Crippen LogP contribution is -2.40. The Morgan fingerprint density at radius 1 is 1.31 bits per heavy atom. The normalized spacial score (nSPS) is 18.4. The van der Waals surface area contributed by atoms with Crippen molar-refractivity contribution in [1.29, 1.82) is 0 Å². The van der Waals surface area contributed by atoms with Crippen LogP contribution in [0.4, 0.5) is 5.69 Å². The van der Waals surface area contributed by atoms with Gasteiger partial charge in [0.05, 0.1) is 11.9 Å². The van der Waals surface area contributed by atoms with Gasteiger partial charge in [-0.3, -0.25) is 9.71 Å². The number of hydrogen-bond donors (Lipinski definition) is 2. The van der Waals surface area contributed by atoms with Crippen molar-refractivity contribution in [2.45, 2.75) is 39.7 Å². The SMILES string of the molecule is CCC(CC)C1CCN(C(=NC)NCc2ccccc2NS(C)(=O)=O)C1. The molecule has 1 heterocycles. The van der Waals surface area contributed by atoms with Crippen molar-refractivity contribution in [2.75, 3.05) is 31.1 Å². The van der Waals surface area contributed by atoms with Crippen LogP contribution in [0.15, 0.2) is 29.3 Å². The molecule has 7 heteroatoms. The van der Waals surface area contributed by atoms with Crippen molar-refractivity contribution in [1.82, 2.24) is 10.2 Å². The predicted octanol–water partition coefficient (Wildman–Crippen LogP) is 2.89. The van der Waals surface area contributed by atoms with Crippen molar-refractivity contribution >= 4 is 21.7 Å². The van der Waals surface area contributed by atoms with Gasteiger partial charge in [-0.25, -0.2) is 8.42 Å². The molecule has 0 saturated carbocycles. The Labute approximate surface area is 158 Å². The summed E-state index contributed by atoms with van der Waals surface area (Å²) in [7, 11) is -1.50. The minimum Gasteiger partial charge on any atom is -0.352 e. The highest BCUT2D eigenvalue weighted by Gasteiger charge is 2.29. The van der Waals surface area contributed by atoms with E-state index >= 15 is 0 Å². The maximum Gasteiger partial charge on any atom is 0.229 e. The van der Waals surface area contributed by atoms with Gasteiger partial charge in [0.25, 0.3) is 0 Å². The van der Waals surface area contributed by atoms with Crippen LogP contribution in [-0.4, -0.2) is 45.7 Å². The monoisotopic (exact) mass is 380 g/mol. The topological polar surface area (TPSA) is 73.8 Å². The van der Waals surface area contributed by atoms with Gasteiger partial charge < -0.3 is 10.2 Å². The molecular formula is C19H32N4O2S. The summed E-state index contributed by atoms with van der Waals surface area (Å²) in [4.78, 5) is 6.74. The first-order chi connectivity index (χ1) is 12.4. The Bertz CT molecular complexity index is 714. The largest absolute Gasteiger partial charge is 0.352 e. The summed E-state index contributed by atoms with van der Waals surface area (Å²) in [6.45, 7) is 7.13. The number of nitrogens with one attached hydrogen (secondary N) is 2. The number of anilines is 1. The molecule has 146 valence electrons. The number of sulfonamides is 1. The van der Waals surface area contributed by atoms with Crippen molar-refractivity contribution in [3.05, 3.63) is 29.8 Å². The van der Waals surface area contributed by atoms with Crippen LogP contribution in [0.3, 0.4) is 0 Å². The van der Waals surface area contributed by atoms with Crippen LogP contribution in [-0.2, 0) is 16.6 Å². The summed E-state index contributed by atoms with van der Waals surface area (Å²) in [6.07, 6.45) is 4.83. The number of guanidine groups is 1. The van der Waals surface area contributed by atoms with Gasteiger partial charge in [0.2, 0.25) is 10.0 Å². The highest BCUT2D eigenvalue weighted by atomic mass is 32.2. The third-order valence-corrected chi connectivity index (χ3v) is 5.79. The minimum absolute atomic E-state index is 0.525. The molecule has 2 rings (SSSR count). The van der Waals surface area contributed by atoms with Crippen LogP contribution in [0.1, 0.15) is 38.7 Å². The molecule has 1 aromatic carbocycles. The highest BCUT2D eigenvalue weighted by Crippen LogP contribution is 2.28. The van der Waals surface area contributed by atoms with E-state index in [-0.39, 0.29) is 0 Å². The van der Waals surface area contributed by atoms with E-state index in [2.05, 4.69) is 33.8 Å². The van der Waals surface area contributed by atoms with Crippen molar-refractivity contribution in [3.63, 3.8) is 0 Å². The zero-order chi connectivity index (χ0) is 19.2. The predicted molar refractivity (Wildman–Crippen MR) is 109 cm³/mol. The lowest BCUT2D eigenvalue weighted by atomic mass is 9.87. The maximum absolute atomic E-state index is 11.5. The summed E-state index contributed by atoms with van der Waals surface area (Å²) >= 11 is 0. The first-order valence-corrected chi connectivity index (χ1v) is 11.3. The Hall–Kier alpha value is -1.76. The second-order valence-corrected chi connectivity index (χ2v) is 8.75. The third kappa shape index (κ3) is 5.62. The van der Waals surface area contributed by atoms with E-state index in [0.717, 1.165) is 36.4 Å². The molecule has 1 saturated heterocycles. The van der Waals surface area contributed by atoms with Gasteiger partial charge in [-0.1, -0.05) is 44.9 Å². The number of rotatable bonds is 7. The van der Waals surface area contributed by atoms with Gasteiger partial charge in [0.15, 0.2) is 5.96 Å². The summed E-state index contributed by atoms with van der Waals surface area (Å²) in [6, 6.07) is 7.43. The second kappa shape index (κ2) is 9.26. The summed E-state index contributed by atoms with van der Waals surface area (Å²) in [5.74, 6) is 2.38. The Morgan fingerprint density at radius 3 is 2.62 bits per heavy atom. The number of benzene rings is 1. The summed E-state index contributed by atoms with van der Waals surface area (Å²) in [5, 5.41) is 3.39. The Morgan fingerprint density at radius 2 is 2.00 bits per heavy atom. The minimum atomic E-state index is -3.30. The third-order valence-electron chi connectivity index (χ3n) is 5.20. The van der Waals surface area contributed by atoms with E-state index < -0.39 is 10.0 Å². The summed E-state index contributed by atoms with van der Waals surface area (Å²) in [5.41, 5.74) is 1.50. The van der Waals surface area contributed by atoms with E-state index in [0.29, 0.717) is 12.2 Å². The van der Waals surface area contributed by atoms with Gasteiger partial charge in [-0.05, 0) is 29.9 Å². The van der Waals surface area contributed by atoms with Crippen LogP contribution in [0.25, 0.3) is 0 Å². The van der Waals surface area contributed by atoms with E-state index in [1.807, 2.05) is 18.2 Å². The second-order valence-electron chi connectivity index (χ2n) is 7.00. The molecule has 0 spiro atoms. The van der Waals surface area contributed by atoms with Crippen LogP contribution >= 0.6 is 0 Å². The van der Waals surface area contributed by atoms with Crippen molar-refractivity contribution < 1.29 is 8.42 Å². The van der Waals surface area contributed by atoms with E-state index in [4.69, 9.17) is 0 Å². The molecule has 6 nitrogen and oxygen atoms in total. The lowest BCUT2D eigenvalue weighted by molar-refractivity contribution is 0.319. The number of aliphatic imine (C=N–C) groups is 1. The van der Waals surface area contributed by atoms with Crippen LogP contribution in [0.2, 0.25) is 0 Å². The molecule has 26 heavy (non-hydrogen) atoms. The first kappa shape index (κ1) is 20.6. The zero-order valence-corrected chi connectivity index (χ0v) is 17.1. The van der Waals surface area contributed by atoms with Crippen LogP contribution < -0.4 is 10.0 Å². The van der Waals surface area contributed by atoms with Crippen molar-refractivity contribution in [3.8, 4) is 0 Å². The molecule has 0 bridgehead atoms. The first-order valence-electron chi connectivity index (χ1n) is 9.39. The van der Waals surface area contributed by atoms with Gasteiger partial charge in [0, 0.05) is 26.7 Å². The molecule has 1 aliphatic heterocycles. The molecule has 1 unspecified atom stereocenters. The van der Waals surface area contributed by atoms with E-state index in [1.165, 1.54) is 25.5 Å². The standard InChI is InChI=1S/C19H32N4O2S/c1-5-15(6-2)17-11-12-23(14-17)19(20-3)21-13-16-9-7-8-10-18(16)22-26(4,24)25/h7-10,15,17,22H,5-6,11-14H2,1-4H3,(H,20,21). The molecule has 2 N–H and O–H groups in total. The maximum atomic E-state index is 11.5. The van der Waals surface area contributed by atoms with Gasteiger partial charge >= 0.3 is 0 Å². The molecule has 1 aromatic rings. The van der Waals surface area contributed by atoms with Crippen LogP contribution in [0, 0.1) is 11.8 Å². The number of para-hydroxylation sites is 1. The number of hydrogen-bond acceptors (Lipinski definition) is 3. The molecule has 1 fully saturated rings. The fourth-order valence-electron chi connectivity index (χ4n) is 3.80. The molecule has 0 radical (unpaired) electrons. The molecule has 0 amide bonds. The number of nitrogens with zero attached hydrogens (tertiary/aromatic N) is 2. The Kier molecular flexibility index (Phi) is 7.32. The average molecular weight is 381 g/mol. The van der Waals surface area contributed by atoms with Crippen LogP contribution in [0.5, 0.6) is 0 Å². The molecular weight excluding hydrogens is 348 g/mol. The van der Waals surface area contributed by atoms with Gasteiger partial charge in [0.1, 0.15) is 0 Å². The van der Waals surface area contributed by atoms with E-state index in [1.54, 1.807) is 13.1 Å². The van der Waals surface area contributed by atoms with E-state index in [9.17, 15) is 8.42 Å². The molecule has 1 aliphatic rings. The summed E-state index contributed by atoms with van der Waals surface area (Å²) < 4.78 is 25.7. The quantitative estimate of drug-likeness (QED) is 0.563. The smallest absolute Gasteiger partial charge is 0.229 e. The zero-order valence-electron chi connectivity index (χ0n) is 16.3. The molecule has 0 aliphatic carbocycles.